The first-order valence-corrected chi connectivity index (χ1v) is 8.13. The number of hydrogen-bond donors (Lipinski definition) is 1. The Morgan fingerprint density at radius 1 is 1.42 bits per heavy atom. The number of amides is 1. The highest BCUT2D eigenvalue weighted by Gasteiger charge is 2.27. The van der Waals surface area contributed by atoms with E-state index in [-0.39, 0.29) is 11.9 Å². The fourth-order valence-corrected chi connectivity index (χ4v) is 4.44. The SMILES string of the molecule is CC(N)C1CCN(C(=O)c2cc3c(s2)CCC3)CC1. The summed E-state index contributed by atoms with van der Waals surface area (Å²) in [4.78, 5) is 16.9. The summed E-state index contributed by atoms with van der Waals surface area (Å²) >= 11 is 1.71. The van der Waals surface area contributed by atoms with Crippen molar-refractivity contribution in [1.82, 2.24) is 4.90 Å². The summed E-state index contributed by atoms with van der Waals surface area (Å²) in [5, 5.41) is 0. The van der Waals surface area contributed by atoms with Crippen molar-refractivity contribution in [3.05, 3.63) is 21.4 Å². The summed E-state index contributed by atoms with van der Waals surface area (Å²) in [6.07, 6.45) is 5.68. The van der Waals surface area contributed by atoms with Gasteiger partial charge in [0.15, 0.2) is 0 Å². The number of fused-ring (bicyclic) bond motifs is 1. The molecule has 4 heteroatoms. The fourth-order valence-electron chi connectivity index (χ4n) is 3.22. The van der Waals surface area contributed by atoms with E-state index in [0.29, 0.717) is 5.92 Å². The molecule has 0 spiro atoms. The van der Waals surface area contributed by atoms with Crippen molar-refractivity contribution >= 4 is 17.2 Å². The lowest BCUT2D eigenvalue weighted by molar-refractivity contribution is 0.0686. The standard InChI is InChI=1S/C15H22N2OS/c1-10(16)11-5-7-17(8-6-11)15(18)14-9-12-3-2-4-13(12)19-14/h9-11H,2-8,16H2,1H3. The summed E-state index contributed by atoms with van der Waals surface area (Å²) in [6.45, 7) is 3.81. The molecule has 2 aliphatic rings. The van der Waals surface area contributed by atoms with Gasteiger partial charge in [-0.3, -0.25) is 4.79 Å². The summed E-state index contributed by atoms with van der Waals surface area (Å²) in [7, 11) is 0. The molecule has 19 heavy (non-hydrogen) atoms. The Morgan fingerprint density at radius 3 is 2.79 bits per heavy atom. The number of nitrogens with two attached hydrogens (primary N) is 1. The molecule has 104 valence electrons. The molecule has 1 fully saturated rings. The van der Waals surface area contributed by atoms with Gasteiger partial charge in [-0.1, -0.05) is 0 Å². The van der Waals surface area contributed by atoms with Crippen LogP contribution in [0.3, 0.4) is 0 Å². The first-order valence-electron chi connectivity index (χ1n) is 7.31. The first kappa shape index (κ1) is 13.1. The molecule has 2 heterocycles. The molecule has 1 aromatic heterocycles. The molecule has 1 aliphatic heterocycles. The third-order valence-corrected chi connectivity index (χ3v) is 5.75. The molecule has 3 nitrogen and oxygen atoms in total. The minimum absolute atomic E-state index is 0.238. The van der Waals surface area contributed by atoms with E-state index in [1.54, 1.807) is 11.3 Å². The Bertz CT molecular complexity index is 451. The molecule has 0 saturated carbocycles. The molecule has 1 saturated heterocycles. The maximum absolute atomic E-state index is 12.5. The van der Waals surface area contributed by atoms with Crippen LogP contribution in [0.15, 0.2) is 6.07 Å². The monoisotopic (exact) mass is 278 g/mol. The number of hydrogen-bond acceptors (Lipinski definition) is 3. The maximum atomic E-state index is 12.5. The molecule has 1 unspecified atom stereocenters. The van der Waals surface area contributed by atoms with Crippen LogP contribution in [0.1, 0.15) is 46.3 Å². The van der Waals surface area contributed by atoms with Crippen LogP contribution in [-0.4, -0.2) is 29.9 Å². The molecule has 1 atom stereocenters. The second-order valence-corrected chi connectivity index (χ2v) is 7.04. The second kappa shape index (κ2) is 5.25. The van der Waals surface area contributed by atoms with E-state index in [9.17, 15) is 4.79 Å². The van der Waals surface area contributed by atoms with Crippen LogP contribution in [0.5, 0.6) is 0 Å². The third-order valence-electron chi connectivity index (χ3n) is 4.53. The number of aryl methyl sites for hydroxylation is 2. The summed E-state index contributed by atoms with van der Waals surface area (Å²) in [5.74, 6) is 0.819. The van der Waals surface area contributed by atoms with Crippen molar-refractivity contribution in [3.8, 4) is 0 Å². The molecule has 1 amide bonds. The number of carbonyl (C=O) groups excluding carboxylic acids is 1. The molecular formula is C15H22N2OS. The molecule has 3 rings (SSSR count). The van der Waals surface area contributed by atoms with Gasteiger partial charge in [0.05, 0.1) is 4.88 Å². The lowest BCUT2D eigenvalue weighted by Crippen LogP contribution is -2.42. The normalized spacial score (nSPS) is 21.5. The Hall–Kier alpha value is -0.870. The van der Waals surface area contributed by atoms with Crippen LogP contribution in [0.4, 0.5) is 0 Å². The number of nitrogens with zero attached hydrogens (tertiary/aromatic N) is 1. The average Bonchev–Trinajstić information content (AvgIpc) is 2.98. The largest absolute Gasteiger partial charge is 0.338 e. The minimum Gasteiger partial charge on any atom is -0.338 e. The first-order chi connectivity index (χ1) is 9.15. The van der Waals surface area contributed by atoms with E-state index in [0.717, 1.165) is 37.2 Å². The van der Waals surface area contributed by atoms with Crippen LogP contribution in [0.25, 0.3) is 0 Å². The molecule has 0 aromatic carbocycles. The van der Waals surface area contributed by atoms with E-state index >= 15 is 0 Å². The van der Waals surface area contributed by atoms with Gasteiger partial charge in [0.1, 0.15) is 0 Å². The zero-order chi connectivity index (χ0) is 13.4. The van der Waals surface area contributed by atoms with E-state index < -0.39 is 0 Å². The minimum atomic E-state index is 0.238. The lowest BCUT2D eigenvalue weighted by Gasteiger charge is -2.33. The van der Waals surface area contributed by atoms with Gasteiger partial charge in [-0.2, -0.15) is 0 Å². The average molecular weight is 278 g/mol. The topological polar surface area (TPSA) is 46.3 Å². The Labute approximate surface area is 118 Å². The Balaban J connectivity index is 1.65. The number of carbonyl (C=O) groups is 1. The van der Waals surface area contributed by atoms with Crippen molar-refractivity contribution in [2.75, 3.05) is 13.1 Å². The van der Waals surface area contributed by atoms with Gasteiger partial charge in [-0.05, 0) is 56.6 Å². The zero-order valence-corrected chi connectivity index (χ0v) is 12.3. The number of thiophene rings is 1. The van der Waals surface area contributed by atoms with Crippen molar-refractivity contribution in [3.63, 3.8) is 0 Å². The van der Waals surface area contributed by atoms with Crippen LogP contribution in [0, 0.1) is 5.92 Å². The third kappa shape index (κ3) is 2.56. The number of piperidine rings is 1. The van der Waals surface area contributed by atoms with Crippen LogP contribution < -0.4 is 5.73 Å². The van der Waals surface area contributed by atoms with Gasteiger partial charge < -0.3 is 10.6 Å². The fraction of sp³-hybridized carbons (Fsp3) is 0.667. The summed E-state index contributed by atoms with van der Waals surface area (Å²) in [5.41, 5.74) is 7.36. The lowest BCUT2D eigenvalue weighted by atomic mass is 9.91. The molecule has 1 aliphatic carbocycles. The number of likely N-dealkylation sites (tertiary alicyclic amines) is 1. The van der Waals surface area contributed by atoms with Gasteiger partial charge in [-0.15, -0.1) is 11.3 Å². The van der Waals surface area contributed by atoms with Crippen molar-refractivity contribution in [2.24, 2.45) is 11.7 Å². The number of rotatable bonds is 2. The van der Waals surface area contributed by atoms with Gasteiger partial charge >= 0.3 is 0 Å². The Kier molecular flexibility index (Phi) is 3.63. The van der Waals surface area contributed by atoms with E-state index in [4.69, 9.17) is 5.73 Å². The zero-order valence-electron chi connectivity index (χ0n) is 11.5. The van der Waals surface area contributed by atoms with Gasteiger partial charge in [0.25, 0.3) is 5.91 Å². The maximum Gasteiger partial charge on any atom is 0.263 e. The van der Waals surface area contributed by atoms with E-state index in [1.807, 2.05) is 4.90 Å². The molecule has 2 N–H and O–H groups in total. The van der Waals surface area contributed by atoms with Crippen LogP contribution in [-0.2, 0) is 12.8 Å². The van der Waals surface area contributed by atoms with Gasteiger partial charge in [0.2, 0.25) is 0 Å². The van der Waals surface area contributed by atoms with Gasteiger partial charge in [-0.25, -0.2) is 0 Å². The highest BCUT2D eigenvalue weighted by atomic mass is 32.1. The highest BCUT2D eigenvalue weighted by molar-refractivity contribution is 7.14. The molecule has 0 bridgehead atoms. The molecular weight excluding hydrogens is 256 g/mol. The van der Waals surface area contributed by atoms with Gasteiger partial charge in [0, 0.05) is 24.0 Å². The van der Waals surface area contributed by atoms with Crippen molar-refractivity contribution in [2.45, 2.75) is 45.1 Å². The van der Waals surface area contributed by atoms with Crippen molar-refractivity contribution in [1.29, 1.82) is 0 Å². The van der Waals surface area contributed by atoms with E-state index in [1.165, 1.54) is 23.3 Å². The predicted molar refractivity (Wildman–Crippen MR) is 78.6 cm³/mol. The van der Waals surface area contributed by atoms with Crippen molar-refractivity contribution < 1.29 is 4.79 Å². The molecule has 0 radical (unpaired) electrons. The summed E-state index contributed by atoms with van der Waals surface area (Å²) < 4.78 is 0. The van der Waals surface area contributed by atoms with Crippen LogP contribution in [0.2, 0.25) is 0 Å². The van der Waals surface area contributed by atoms with Crippen LogP contribution >= 0.6 is 11.3 Å². The smallest absolute Gasteiger partial charge is 0.263 e. The second-order valence-electron chi connectivity index (χ2n) is 5.90. The highest BCUT2D eigenvalue weighted by Crippen LogP contribution is 2.32. The Morgan fingerprint density at radius 2 is 2.16 bits per heavy atom. The van der Waals surface area contributed by atoms with E-state index in [2.05, 4.69) is 13.0 Å². The quantitative estimate of drug-likeness (QED) is 0.903. The predicted octanol–water partition coefficient (Wildman–Crippen LogP) is 2.44. The molecule has 1 aromatic rings. The summed E-state index contributed by atoms with van der Waals surface area (Å²) in [6, 6.07) is 2.38.